The minimum Gasteiger partial charge on any atom is -0.392 e. The number of nitrogens with one attached hydrogen (secondary N) is 1. The highest BCUT2D eigenvalue weighted by Gasteiger charge is 2.11. The van der Waals surface area contributed by atoms with Crippen LogP contribution in [-0.4, -0.2) is 33.4 Å². The molecule has 0 saturated heterocycles. The molecule has 0 radical (unpaired) electrons. The maximum absolute atomic E-state index is 13.0. The Kier molecular flexibility index (Phi) is 5.28. The standard InChI is InChI=1S/C17H20FN3O2/c1-11(22)10-19-17(23)9-8-16-12(2)20-21(13(16)3)15-6-4-14(18)5-7-15/h4-9,11,22H,10H2,1-3H3,(H,19,23)/b9-8+. The van der Waals surface area contributed by atoms with Gasteiger partial charge in [0.25, 0.3) is 0 Å². The average molecular weight is 317 g/mol. The number of aryl methyl sites for hydroxylation is 1. The molecule has 1 unspecified atom stereocenters. The van der Waals surface area contributed by atoms with E-state index in [-0.39, 0.29) is 18.3 Å². The fraction of sp³-hybridized carbons (Fsp3) is 0.294. The van der Waals surface area contributed by atoms with Crippen molar-refractivity contribution in [2.24, 2.45) is 0 Å². The maximum atomic E-state index is 13.0. The number of hydrogen-bond acceptors (Lipinski definition) is 3. The molecule has 0 spiro atoms. The van der Waals surface area contributed by atoms with E-state index in [1.165, 1.54) is 18.2 Å². The lowest BCUT2D eigenvalue weighted by Gasteiger charge is -2.05. The Hall–Kier alpha value is -2.47. The summed E-state index contributed by atoms with van der Waals surface area (Å²) in [6, 6.07) is 6.06. The molecule has 1 aromatic carbocycles. The summed E-state index contributed by atoms with van der Waals surface area (Å²) in [5.41, 5.74) is 3.21. The molecular formula is C17H20FN3O2. The number of nitrogens with zero attached hydrogens (tertiary/aromatic N) is 2. The maximum Gasteiger partial charge on any atom is 0.244 e. The van der Waals surface area contributed by atoms with E-state index in [0.717, 1.165) is 22.6 Å². The van der Waals surface area contributed by atoms with E-state index in [9.17, 15) is 9.18 Å². The van der Waals surface area contributed by atoms with Gasteiger partial charge in [-0.25, -0.2) is 9.07 Å². The number of carbonyl (C=O) groups excluding carboxylic acids is 1. The number of amides is 1. The number of aliphatic hydroxyl groups is 1. The molecule has 5 nitrogen and oxygen atoms in total. The summed E-state index contributed by atoms with van der Waals surface area (Å²) >= 11 is 0. The lowest BCUT2D eigenvalue weighted by molar-refractivity contribution is -0.116. The van der Waals surface area contributed by atoms with Crippen LogP contribution in [0.4, 0.5) is 4.39 Å². The molecule has 1 aromatic heterocycles. The van der Waals surface area contributed by atoms with Gasteiger partial charge in [0.1, 0.15) is 5.82 Å². The molecule has 0 aliphatic carbocycles. The Labute approximate surface area is 134 Å². The highest BCUT2D eigenvalue weighted by atomic mass is 19.1. The average Bonchev–Trinajstić information content (AvgIpc) is 2.79. The van der Waals surface area contributed by atoms with Gasteiger partial charge in [-0.1, -0.05) is 0 Å². The number of aromatic nitrogens is 2. The van der Waals surface area contributed by atoms with Gasteiger partial charge in [0, 0.05) is 23.9 Å². The van der Waals surface area contributed by atoms with Crippen molar-refractivity contribution in [2.75, 3.05) is 6.54 Å². The van der Waals surface area contributed by atoms with E-state index in [0.29, 0.717) is 0 Å². The molecule has 6 heteroatoms. The van der Waals surface area contributed by atoms with E-state index < -0.39 is 6.10 Å². The van der Waals surface area contributed by atoms with E-state index in [1.54, 1.807) is 29.8 Å². The molecule has 122 valence electrons. The summed E-state index contributed by atoms with van der Waals surface area (Å²) < 4.78 is 14.7. The summed E-state index contributed by atoms with van der Waals surface area (Å²) in [6.45, 7) is 5.54. The van der Waals surface area contributed by atoms with E-state index in [2.05, 4.69) is 10.4 Å². The third-order valence-electron chi connectivity index (χ3n) is 3.39. The Morgan fingerprint density at radius 3 is 2.65 bits per heavy atom. The summed E-state index contributed by atoms with van der Waals surface area (Å²) in [5.74, 6) is -0.579. The van der Waals surface area contributed by atoms with E-state index >= 15 is 0 Å². The normalized spacial score (nSPS) is 12.6. The van der Waals surface area contributed by atoms with E-state index in [1.807, 2.05) is 13.8 Å². The van der Waals surface area contributed by atoms with Crippen molar-refractivity contribution in [3.05, 3.63) is 53.1 Å². The number of carbonyl (C=O) groups is 1. The monoisotopic (exact) mass is 317 g/mol. The molecule has 0 fully saturated rings. The van der Waals surface area contributed by atoms with Crippen LogP contribution in [0.25, 0.3) is 11.8 Å². The molecule has 1 heterocycles. The molecule has 23 heavy (non-hydrogen) atoms. The summed E-state index contributed by atoms with van der Waals surface area (Å²) in [4.78, 5) is 11.7. The highest BCUT2D eigenvalue weighted by Crippen LogP contribution is 2.19. The molecule has 0 aliphatic rings. The molecular weight excluding hydrogens is 297 g/mol. The predicted molar refractivity (Wildman–Crippen MR) is 86.7 cm³/mol. The van der Waals surface area contributed by atoms with Crippen molar-refractivity contribution in [1.29, 1.82) is 0 Å². The molecule has 2 aromatic rings. The first-order valence-corrected chi connectivity index (χ1v) is 7.34. The molecule has 0 bridgehead atoms. The van der Waals surface area contributed by atoms with Gasteiger partial charge < -0.3 is 10.4 Å². The van der Waals surface area contributed by atoms with Crippen molar-refractivity contribution in [1.82, 2.24) is 15.1 Å². The number of rotatable bonds is 5. The molecule has 2 rings (SSSR count). The van der Waals surface area contributed by atoms with E-state index in [4.69, 9.17) is 5.11 Å². The first-order valence-electron chi connectivity index (χ1n) is 7.34. The van der Waals surface area contributed by atoms with Crippen molar-refractivity contribution in [3.63, 3.8) is 0 Å². The van der Waals surface area contributed by atoms with Crippen LogP contribution in [0.15, 0.2) is 30.3 Å². The van der Waals surface area contributed by atoms with Gasteiger partial charge in [-0.15, -0.1) is 0 Å². The van der Waals surface area contributed by atoms with Gasteiger partial charge in [-0.2, -0.15) is 5.10 Å². The zero-order chi connectivity index (χ0) is 17.0. The fourth-order valence-electron chi connectivity index (χ4n) is 2.20. The van der Waals surface area contributed by atoms with Crippen molar-refractivity contribution >= 4 is 12.0 Å². The minimum absolute atomic E-state index is 0.204. The Bertz CT molecular complexity index is 718. The van der Waals surface area contributed by atoms with Crippen molar-refractivity contribution < 1.29 is 14.3 Å². The molecule has 1 atom stereocenters. The van der Waals surface area contributed by atoms with Crippen LogP contribution < -0.4 is 5.32 Å². The predicted octanol–water partition coefficient (Wildman–Crippen LogP) is 2.14. The Morgan fingerprint density at radius 1 is 1.39 bits per heavy atom. The van der Waals surface area contributed by atoms with Crippen LogP contribution >= 0.6 is 0 Å². The van der Waals surface area contributed by atoms with Crippen molar-refractivity contribution in [3.8, 4) is 5.69 Å². The van der Waals surface area contributed by atoms with Crippen LogP contribution in [0.2, 0.25) is 0 Å². The molecule has 2 N–H and O–H groups in total. The molecule has 1 amide bonds. The Balaban J connectivity index is 2.21. The summed E-state index contributed by atoms with van der Waals surface area (Å²) in [6.07, 6.45) is 2.51. The quantitative estimate of drug-likeness (QED) is 0.830. The zero-order valence-electron chi connectivity index (χ0n) is 13.4. The lowest BCUT2D eigenvalue weighted by Crippen LogP contribution is -2.28. The first kappa shape index (κ1) is 16.9. The second-order valence-corrected chi connectivity index (χ2v) is 5.40. The zero-order valence-corrected chi connectivity index (χ0v) is 13.4. The highest BCUT2D eigenvalue weighted by molar-refractivity contribution is 5.92. The van der Waals surface area contributed by atoms with Crippen molar-refractivity contribution in [2.45, 2.75) is 26.9 Å². The molecule has 0 saturated carbocycles. The number of aliphatic hydroxyl groups excluding tert-OH is 1. The van der Waals surface area contributed by atoms with Gasteiger partial charge in [-0.05, 0) is 51.1 Å². The number of benzene rings is 1. The second kappa shape index (κ2) is 7.19. The molecule has 0 aliphatic heterocycles. The van der Waals surface area contributed by atoms with Crippen LogP contribution in [0.1, 0.15) is 23.9 Å². The van der Waals surface area contributed by atoms with Gasteiger partial charge in [-0.3, -0.25) is 4.79 Å². The van der Waals surface area contributed by atoms with Gasteiger partial charge >= 0.3 is 0 Å². The van der Waals surface area contributed by atoms with Crippen LogP contribution in [0.3, 0.4) is 0 Å². The minimum atomic E-state index is -0.586. The van der Waals surface area contributed by atoms with Gasteiger partial charge in [0.05, 0.1) is 17.5 Å². The number of hydrogen-bond donors (Lipinski definition) is 2. The third kappa shape index (κ3) is 4.26. The van der Waals surface area contributed by atoms with Crippen LogP contribution in [0, 0.1) is 19.7 Å². The summed E-state index contributed by atoms with van der Waals surface area (Å²) in [5, 5.41) is 16.2. The van der Waals surface area contributed by atoms with Gasteiger partial charge in [0.15, 0.2) is 0 Å². The fourth-order valence-corrected chi connectivity index (χ4v) is 2.20. The lowest BCUT2D eigenvalue weighted by atomic mass is 10.2. The topological polar surface area (TPSA) is 67.2 Å². The Morgan fingerprint density at radius 2 is 2.04 bits per heavy atom. The summed E-state index contributed by atoms with van der Waals surface area (Å²) in [7, 11) is 0. The third-order valence-corrected chi connectivity index (χ3v) is 3.39. The van der Waals surface area contributed by atoms with Crippen LogP contribution in [0.5, 0.6) is 0 Å². The van der Waals surface area contributed by atoms with Gasteiger partial charge in [0.2, 0.25) is 5.91 Å². The van der Waals surface area contributed by atoms with Crippen LogP contribution in [-0.2, 0) is 4.79 Å². The SMILES string of the molecule is Cc1nn(-c2ccc(F)cc2)c(C)c1/C=C/C(=O)NCC(C)O. The largest absolute Gasteiger partial charge is 0.392 e. The number of halogens is 1. The first-order chi connectivity index (χ1) is 10.9. The second-order valence-electron chi connectivity index (χ2n) is 5.40. The smallest absolute Gasteiger partial charge is 0.244 e.